The average molecular weight is 359 g/mol. The Bertz CT molecular complexity index is 672. The van der Waals surface area contributed by atoms with Gasteiger partial charge in [0.2, 0.25) is 0 Å². The average Bonchev–Trinajstić information content (AvgIpc) is 2.64. The van der Waals surface area contributed by atoms with Gasteiger partial charge in [-0.05, 0) is 32.0 Å². The van der Waals surface area contributed by atoms with Crippen LogP contribution < -0.4 is 4.74 Å². The van der Waals surface area contributed by atoms with Crippen LogP contribution in [0, 0.1) is 0 Å². The summed E-state index contributed by atoms with van der Waals surface area (Å²) in [6.07, 6.45) is 0. The zero-order valence-electron chi connectivity index (χ0n) is 16.0. The third-order valence-corrected chi connectivity index (χ3v) is 6.08. The lowest BCUT2D eigenvalue weighted by atomic mass is 9.81. The van der Waals surface area contributed by atoms with Crippen molar-refractivity contribution in [2.75, 3.05) is 53.0 Å². The molecule has 3 aliphatic heterocycles. The van der Waals surface area contributed by atoms with Gasteiger partial charge in [0.15, 0.2) is 0 Å². The van der Waals surface area contributed by atoms with E-state index in [2.05, 4.69) is 23.6 Å². The van der Waals surface area contributed by atoms with Crippen molar-refractivity contribution in [1.82, 2.24) is 14.7 Å². The molecule has 1 spiro atoms. The first kappa shape index (κ1) is 17.8. The molecule has 0 aromatic heterocycles. The second-order valence-corrected chi connectivity index (χ2v) is 8.06. The van der Waals surface area contributed by atoms with E-state index in [-0.39, 0.29) is 11.4 Å². The molecule has 3 saturated heterocycles. The van der Waals surface area contributed by atoms with Gasteiger partial charge in [-0.25, -0.2) is 0 Å². The first-order valence-corrected chi connectivity index (χ1v) is 9.54. The molecular weight excluding hydrogens is 330 g/mol. The molecule has 3 heterocycles. The maximum absolute atomic E-state index is 13.2. The Kier molecular flexibility index (Phi) is 4.67. The predicted molar refractivity (Wildman–Crippen MR) is 99.7 cm³/mol. The number of benzene rings is 1. The summed E-state index contributed by atoms with van der Waals surface area (Å²) in [5, 5.41) is 0. The summed E-state index contributed by atoms with van der Waals surface area (Å²) in [6.45, 7) is 10.6. The molecule has 1 aromatic carbocycles. The van der Waals surface area contributed by atoms with Crippen molar-refractivity contribution >= 4 is 5.91 Å². The number of piperazine rings is 1. The highest BCUT2D eigenvalue weighted by atomic mass is 16.5. The number of carbonyl (C=O) groups excluding carboxylic acids is 1. The van der Waals surface area contributed by atoms with Crippen molar-refractivity contribution in [2.45, 2.75) is 31.5 Å². The molecule has 142 valence electrons. The molecule has 0 N–H and O–H groups in total. The van der Waals surface area contributed by atoms with Gasteiger partial charge in [-0.1, -0.05) is 6.07 Å². The van der Waals surface area contributed by atoms with Crippen molar-refractivity contribution in [3.8, 4) is 5.75 Å². The number of methoxy groups -OCH3 is 1. The topological polar surface area (TPSA) is 45.2 Å². The molecule has 3 fully saturated rings. The molecule has 0 aliphatic carbocycles. The number of likely N-dealkylation sites (tertiary alicyclic amines) is 1. The van der Waals surface area contributed by atoms with E-state index in [9.17, 15) is 4.79 Å². The maximum Gasteiger partial charge on any atom is 0.254 e. The van der Waals surface area contributed by atoms with Gasteiger partial charge in [-0.3, -0.25) is 14.6 Å². The Morgan fingerprint density at radius 3 is 2.85 bits per heavy atom. The molecule has 6 heteroatoms. The zero-order chi connectivity index (χ0) is 18.3. The van der Waals surface area contributed by atoms with Crippen LogP contribution >= 0.6 is 0 Å². The van der Waals surface area contributed by atoms with Gasteiger partial charge in [0.25, 0.3) is 5.91 Å². The maximum atomic E-state index is 13.2. The van der Waals surface area contributed by atoms with Gasteiger partial charge >= 0.3 is 0 Å². The fourth-order valence-electron chi connectivity index (χ4n) is 4.65. The Hall–Kier alpha value is -1.63. The number of amides is 1. The van der Waals surface area contributed by atoms with Crippen LogP contribution in [-0.4, -0.2) is 91.3 Å². The van der Waals surface area contributed by atoms with E-state index in [1.807, 2.05) is 29.2 Å². The van der Waals surface area contributed by atoms with Crippen LogP contribution in [0.1, 0.15) is 24.2 Å². The summed E-state index contributed by atoms with van der Waals surface area (Å²) in [4.78, 5) is 20.3. The number of fused-ring (bicyclic) bond motifs is 2. The van der Waals surface area contributed by atoms with Gasteiger partial charge < -0.3 is 14.4 Å². The number of nitrogens with zero attached hydrogens (tertiary/aromatic N) is 3. The molecule has 1 atom stereocenters. The summed E-state index contributed by atoms with van der Waals surface area (Å²) in [5.74, 6) is 0.816. The van der Waals surface area contributed by atoms with Crippen molar-refractivity contribution < 1.29 is 14.3 Å². The lowest BCUT2D eigenvalue weighted by Crippen LogP contribution is -2.81. The van der Waals surface area contributed by atoms with E-state index in [0.29, 0.717) is 24.3 Å². The van der Waals surface area contributed by atoms with E-state index in [1.165, 1.54) is 0 Å². The van der Waals surface area contributed by atoms with Crippen molar-refractivity contribution in [1.29, 1.82) is 0 Å². The lowest BCUT2D eigenvalue weighted by molar-refractivity contribution is -0.163. The standard InChI is InChI=1S/C20H29N3O3/c1-15(2)22-13-20(14-22)12-21(10-17-11-26-8-7-23(17)20)19(24)16-5-4-6-18(9-16)25-3/h4-6,9,15,17H,7-8,10-14H2,1-3H3/t17-/m1/s1. The molecule has 26 heavy (non-hydrogen) atoms. The highest BCUT2D eigenvalue weighted by Gasteiger charge is 2.55. The Balaban J connectivity index is 1.56. The van der Waals surface area contributed by atoms with Crippen LogP contribution in [0.5, 0.6) is 5.75 Å². The smallest absolute Gasteiger partial charge is 0.254 e. The minimum absolute atomic E-state index is 0.0749. The zero-order valence-corrected chi connectivity index (χ0v) is 16.0. The van der Waals surface area contributed by atoms with Crippen LogP contribution in [0.3, 0.4) is 0 Å². The van der Waals surface area contributed by atoms with Gasteiger partial charge in [0.1, 0.15) is 5.75 Å². The van der Waals surface area contributed by atoms with Gasteiger partial charge in [-0.15, -0.1) is 0 Å². The first-order chi connectivity index (χ1) is 12.5. The summed E-state index contributed by atoms with van der Waals surface area (Å²) in [7, 11) is 1.63. The molecular formula is C20H29N3O3. The number of ether oxygens (including phenoxy) is 2. The molecule has 0 bridgehead atoms. The molecule has 0 unspecified atom stereocenters. The normalized spacial score (nSPS) is 25.8. The fourth-order valence-corrected chi connectivity index (χ4v) is 4.65. The third kappa shape index (κ3) is 3.00. The number of hydrogen-bond donors (Lipinski definition) is 0. The van der Waals surface area contributed by atoms with E-state index in [4.69, 9.17) is 9.47 Å². The van der Waals surface area contributed by atoms with Crippen LogP contribution in [0.2, 0.25) is 0 Å². The van der Waals surface area contributed by atoms with Crippen LogP contribution in [0.25, 0.3) is 0 Å². The second-order valence-electron chi connectivity index (χ2n) is 8.06. The molecule has 1 amide bonds. The van der Waals surface area contributed by atoms with Crippen LogP contribution in [0.15, 0.2) is 24.3 Å². The molecule has 0 saturated carbocycles. The Morgan fingerprint density at radius 2 is 2.12 bits per heavy atom. The summed E-state index contributed by atoms with van der Waals surface area (Å²) in [6, 6.07) is 8.30. The number of hydrogen-bond acceptors (Lipinski definition) is 5. The number of rotatable bonds is 3. The van der Waals surface area contributed by atoms with Gasteiger partial charge in [0, 0.05) is 44.3 Å². The van der Waals surface area contributed by atoms with Gasteiger partial charge in [0.05, 0.1) is 31.9 Å². The van der Waals surface area contributed by atoms with Crippen LogP contribution in [-0.2, 0) is 4.74 Å². The molecule has 1 aromatic rings. The third-order valence-electron chi connectivity index (χ3n) is 6.08. The highest BCUT2D eigenvalue weighted by molar-refractivity contribution is 5.94. The molecule has 4 rings (SSSR count). The van der Waals surface area contributed by atoms with Crippen molar-refractivity contribution in [3.63, 3.8) is 0 Å². The molecule has 0 radical (unpaired) electrons. The number of carbonyl (C=O) groups is 1. The summed E-state index contributed by atoms with van der Waals surface area (Å²) >= 11 is 0. The number of morpholine rings is 1. The van der Waals surface area contributed by atoms with E-state index < -0.39 is 0 Å². The molecule has 6 nitrogen and oxygen atoms in total. The van der Waals surface area contributed by atoms with Gasteiger partial charge in [-0.2, -0.15) is 0 Å². The van der Waals surface area contributed by atoms with Crippen molar-refractivity contribution in [3.05, 3.63) is 29.8 Å². The minimum Gasteiger partial charge on any atom is -0.497 e. The highest BCUT2D eigenvalue weighted by Crippen LogP contribution is 2.37. The fraction of sp³-hybridized carbons (Fsp3) is 0.650. The van der Waals surface area contributed by atoms with E-state index in [1.54, 1.807) is 7.11 Å². The Morgan fingerprint density at radius 1 is 1.31 bits per heavy atom. The lowest BCUT2D eigenvalue weighted by Gasteiger charge is -2.64. The quantitative estimate of drug-likeness (QED) is 0.814. The Labute approximate surface area is 155 Å². The van der Waals surface area contributed by atoms with Crippen molar-refractivity contribution in [2.24, 2.45) is 0 Å². The predicted octanol–water partition coefficient (Wildman–Crippen LogP) is 1.31. The molecule has 3 aliphatic rings. The second kappa shape index (κ2) is 6.83. The first-order valence-electron chi connectivity index (χ1n) is 9.54. The SMILES string of the molecule is COc1cccc(C(=O)N2C[C@@H]3COCCN3C3(C2)CN(C(C)C)C3)c1. The van der Waals surface area contributed by atoms with Crippen LogP contribution in [0.4, 0.5) is 0 Å². The van der Waals surface area contributed by atoms with E-state index in [0.717, 1.165) is 45.1 Å². The minimum atomic E-state index is 0.0749. The summed E-state index contributed by atoms with van der Waals surface area (Å²) in [5.41, 5.74) is 0.774. The van der Waals surface area contributed by atoms with E-state index >= 15 is 0 Å². The monoisotopic (exact) mass is 359 g/mol. The summed E-state index contributed by atoms with van der Waals surface area (Å²) < 4.78 is 11.0. The largest absolute Gasteiger partial charge is 0.497 e.